The van der Waals surface area contributed by atoms with Crippen LogP contribution in [-0.4, -0.2) is 16.8 Å². The molecule has 1 aromatic heterocycles. The molecule has 1 aromatic rings. The topological polar surface area (TPSA) is 29.9 Å². The molecule has 90 valence electrons. The van der Waals surface area contributed by atoms with Crippen molar-refractivity contribution < 1.29 is 0 Å². The molecule has 0 amide bonds. The van der Waals surface area contributed by atoms with Gasteiger partial charge in [0.2, 0.25) is 0 Å². The Hall–Kier alpha value is -0.830. The summed E-state index contributed by atoms with van der Waals surface area (Å²) in [6.45, 7) is 2.31. The maximum Gasteiger partial charge on any atom is 0.0796 e. The number of rotatable bonds is 4. The van der Waals surface area contributed by atoms with Crippen molar-refractivity contribution in [3.8, 4) is 0 Å². The van der Waals surface area contributed by atoms with Crippen LogP contribution >= 0.6 is 0 Å². The second-order valence-electron chi connectivity index (χ2n) is 5.03. The second kappa shape index (κ2) is 5.00. The molecular formula is C13H23N3. The predicted octanol–water partition coefficient (Wildman–Crippen LogP) is 2.51. The highest BCUT2D eigenvalue weighted by molar-refractivity contribution is 5.07. The van der Waals surface area contributed by atoms with Crippen LogP contribution < -0.4 is 5.32 Å². The molecule has 1 fully saturated rings. The molecule has 0 bridgehead atoms. The minimum absolute atomic E-state index is 0.442. The van der Waals surface area contributed by atoms with Gasteiger partial charge in [-0.2, -0.15) is 5.10 Å². The highest BCUT2D eigenvalue weighted by Crippen LogP contribution is 2.39. The summed E-state index contributed by atoms with van der Waals surface area (Å²) in [6.07, 6.45) is 7.46. The van der Waals surface area contributed by atoms with Crippen molar-refractivity contribution in [3.63, 3.8) is 0 Å². The average molecular weight is 221 g/mol. The molecule has 3 heteroatoms. The molecule has 1 saturated carbocycles. The van der Waals surface area contributed by atoms with Gasteiger partial charge in [-0.3, -0.25) is 4.68 Å². The van der Waals surface area contributed by atoms with Crippen LogP contribution in [0.1, 0.15) is 44.3 Å². The van der Waals surface area contributed by atoms with Crippen LogP contribution in [0.3, 0.4) is 0 Å². The van der Waals surface area contributed by atoms with Gasteiger partial charge in [-0.25, -0.2) is 0 Å². The molecule has 0 aromatic carbocycles. The van der Waals surface area contributed by atoms with Gasteiger partial charge >= 0.3 is 0 Å². The van der Waals surface area contributed by atoms with Crippen molar-refractivity contribution in [3.05, 3.63) is 18.0 Å². The monoisotopic (exact) mass is 221 g/mol. The minimum atomic E-state index is 0.442. The van der Waals surface area contributed by atoms with Crippen LogP contribution in [0.2, 0.25) is 0 Å². The average Bonchev–Trinajstić information content (AvgIpc) is 2.89. The van der Waals surface area contributed by atoms with Crippen LogP contribution in [0.4, 0.5) is 0 Å². The van der Waals surface area contributed by atoms with Gasteiger partial charge in [0, 0.05) is 13.2 Å². The maximum absolute atomic E-state index is 4.53. The summed E-state index contributed by atoms with van der Waals surface area (Å²) in [5.41, 5.74) is 1.20. The van der Waals surface area contributed by atoms with E-state index in [1.807, 2.05) is 17.9 Å². The number of nitrogens with one attached hydrogen (secondary N) is 1. The summed E-state index contributed by atoms with van der Waals surface area (Å²) in [6, 6.07) is 2.58. The van der Waals surface area contributed by atoms with Gasteiger partial charge < -0.3 is 5.32 Å². The lowest BCUT2D eigenvalue weighted by Gasteiger charge is -2.21. The van der Waals surface area contributed by atoms with E-state index in [0.717, 1.165) is 11.8 Å². The normalized spacial score (nSPS) is 27.2. The van der Waals surface area contributed by atoms with Crippen LogP contribution in [0.5, 0.6) is 0 Å². The summed E-state index contributed by atoms with van der Waals surface area (Å²) in [5.74, 6) is 1.70. The highest BCUT2D eigenvalue weighted by Gasteiger charge is 2.31. The lowest BCUT2D eigenvalue weighted by molar-refractivity contribution is 0.364. The zero-order valence-electron chi connectivity index (χ0n) is 10.6. The Morgan fingerprint density at radius 3 is 2.88 bits per heavy atom. The number of hydrogen-bond donors (Lipinski definition) is 1. The zero-order chi connectivity index (χ0) is 11.5. The Kier molecular flexibility index (Phi) is 3.64. The maximum atomic E-state index is 4.53. The van der Waals surface area contributed by atoms with Crippen LogP contribution in [0, 0.1) is 11.8 Å². The van der Waals surface area contributed by atoms with E-state index in [1.54, 1.807) is 0 Å². The molecule has 16 heavy (non-hydrogen) atoms. The fourth-order valence-corrected chi connectivity index (χ4v) is 3.01. The van der Waals surface area contributed by atoms with Crippen LogP contribution in [0.15, 0.2) is 12.3 Å². The van der Waals surface area contributed by atoms with Gasteiger partial charge in [0.05, 0.1) is 11.7 Å². The molecule has 1 heterocycles. The van der Waals surface area contributed by atoms with Gasteiger partial charge in [0.1, 0.15) is 0 Å². The van der Waals surface area contributed by atoms with E-state index in [1.165, 1.54) is 31.4 Å². The Morgan fingerprint density at radius 1 is 1.56 bits per heavy atom. The SMILES string of the molecule is CCC1CCC(C(NC)c2ccn(C)n2)C1. The quantitative estimate of drug-likeness (QED) is 0.846. The Balaban J connectivity index is 2.06. The van der Waals surface area contributed by atoms with Gasteiger partial charge in [-0.1, -0.05) is 19.8 Å². The first-order valence-electron chi connectivity index (χ1n) is 6.41. The van der Waals surface area contributed by atoms with E-state index in [0.29, 0.717) is 6.04 Å². The first-order valence-corrected chi connectivity index (χ1v) is 6.41. The smallest absolute Gasteiger partial charge is 0.0796 e. The van der Waals surface area contributed by atoms with E-state index in [4.69, 9.17) is 0 Å². The molecule has 0 radical (unpaired) electrons. The molecule has 1 aliphatic carbocycles. The Bertz CT molecular complexity index is 332. The van der Waals surface area contributed by atoms with E-state index >= 15 is 0 Å². The summed E-state index contributed by atoms with van der Waals surface area (Å²) in [5, 5.41) is 7.97. The Morgan fingerprint density at radius 2 is 2.38 bits per heavy atom. The number of nitrogens with zero attached hydrogens (tertiary/aromatic N) is 2. The van der Waals surface area contributed by atoms with E-state index in [2.05, 4.69) is 30.5 Å². The molecule has 3 unspecified atom stereocenters. The Labute approximate surface area is 98.2 Å². The molecule has 2 rings (SSSR count). The predicted molar refractivity (Wildman–Crippen MR) is 66.1 cm³/mol. The van der Waals surface area contributed by atoms with Gasteiger partial charge in [-0.05, 0) is 37.8 Å². The standard InChI is InChI=1S/C13H23N3/c1-4-10-5-6-11(9-10)13(14-2)12-7-8-16(3)15-12/h7-8,10-11,13-14H,4-6,9H2,1-3H3. The van der Waals surface area contributed by atoms with Gasteiger partial charge in [0.25, 0.3) is 0 Å². The summed E-state index contributed by atoms with van der Waals surface area (Å²) in [7, 11) is 4.04. The van der Waals surface area contributed by atoms with Gasteiger partial charge in [-0.15, -0.1) is 0 Å². The van der Waals surface area contributed by atoms with E-state index < -0.39 is 0 Å². The van der Waals surface area contributed by atoms with Crippen molar-refractivity contribution in [2.24, 2.45) is 18.9 Å². The van der Waals surface area contributed by atoms with Crippen molar-refractivity contribution in [1.82, 2.24) is 15.1 Å². The van der Waals surface area contributed by atoms with E-state index in [-0.39, 0.29) is 0 Å². The van der Waals surface area contributed by atoms with Crippen molar-refractivity contribution in [1.29, 1.82) is 0 Å². The van der Waals surface area contributed by atoms with Crippen LogP contribution in [0.25, 0.3) is 0 Å². The van der Waals surface area contributed by atoms with Crippen molar-refractivity contribution >= 4 is 0 Å². The lowest BCUT2D eigenvalue weighted by atomic mass is 9.94. The molecule has 0 saturated heterocycles. The zero-order valence-corrected chi connectivity index (χ0v) is 10.6. The molecule has 0 aliphatic heterocycles. The number of aryl methyl sites for hydroxylation is 1. The second-order valence-corrected chi connectivity index (χ2v) is 5.03. The largest absolute Gasteiger partial charge is 0.311 e. The molecule has 0 spiro atoms. The third-order valence-electron chi connectivity index (χ3n) is 3.99. The minimum Gasteiger partial charge on any atom is -0.311 e. The summed E-state index contributed by atoms with van der Waals surface area (Å²) in [4.78, 5) is 0. The lowest BCUT2D eigenvalue weighted by Crippen LogP contribution is -2.24. The van der Waals surface area contributed by atoms with Gasteiger partial charge in [0.15, 0.2) is 0 Å². The summed E-state index contributed by atoms with van der Waals surface area (Å²) >= 11 is 0. The summed E-state index contributed by atoms with van der Waals surface area (Å²) < 4.78 is 1.89. The molecular weight excluding hydrogens is 198 g/mol. The first kappa shape index (κ1) is 11.6. The molecule has 1 N–H and O–H groups in total. The third-order valence-corrected chi connectivity index (χ3v) is 3.99. The van der Waals surface area contributed by atoms with Crippen molar-refractivity contribution in [2.45, 2.75) is 38.6 Å². The first-order chi connectivity index (χ1) is 7.74. The van der Waals surface area contributed by atoms with Crippen molar-refractivity contribution in [2.75, 3.05) is 7.05 Å². The highest BCUT2D eigenvalue weighted by atomic mass is 15.3. The molecule has 3 atom stereocenters. The molecule has 3 nitrogen and oxygen atoms in total. The van der Waals surface area contributed by atoms with E-state index in [9.17, 15) is 0 Å². The number of hydrogen-bond acceptors (Lipinski definition) is 2. The van der Waals surface area contributed by atoms with Crippen LogP contribution in [-0.2, 0) is 7.05 Å². The fraction of sp³-hybridized carbons (Fsp3) is 0.769. The third kappa shape index (κ3) is 2.29. The number of aromatic nitrogens is 2. The molecule has 1 aliphatic rings. The fourth-order valence-electron chi connectivity index (χ4n) is 3.01.